The molecule has 0 bridgehead atoms. The third-order valence-corrected chi connectivity index (χ3v) is 3.60. The zero-order valence-corrected chi connectivity index (χ0v) is 14.1. The van der Waals surface area contributed by atoms with Gasteiger partial charge in [0.1, 0.15) is 0 Å². The van der Waals surface area contributed by atoms with Crippen LogP contribution in [0.4, 0.5) is 0 Å². The van der Waals surface area contributed by atoms with Crippen molar-refractivity contribution in [3.05, 3.63) is 22.8 Å². The summed E-state index contributed by atoms with van der Waals surface area (Å²) in [6, 6.07) is 0. The van der Waals surface area contributed by atoms with Gasteiger partial charge in [0.05, 0.1) is 0 Å². The zero-order chi connectivity index (χ0) is 10.4. The van der Waals surface area contributed by atoms with Crippen LogP contribution in [0, 0.1) is 11.5 Å². The summed E-state index contributed by atoms with van der Waals surface area (Å²) in [5.41, 5.74) is 9.80. The molecule has 1 rings (SSSR count). The van der Waals surface area contributed by atoms with E-state index in [2.05, 4.69) is 47.6 Å². The van der Waals surface area contributed by atoms with Crippen LogP contribution in [0.2, 0.25) is 0 Å². The minimum atomic E-state index is -0.240. The van der Waals surface area contributed by atoms with Gasteiger partial charge in [-0.1, -0.05) is 26.2 Å². The fourth-order valence-electron chi connectivity index (χ4n) is 1.86. The average Bonchev–Trinajstić information content (AvgIpc) is 2.15. The van der Waals surface area contributed by atoms with Crippen LogP contribution in [-0.2, 0) is 21.7 Å². The molecule has 0 saturated heterocycles. The van der Waals surface area contributed by atoms with Crippen molar-refractivity contribution in [2.24, 2.45) is 11.1 Å². The van der Waals surface area contributed by atoms with Gasteiger partial charge in [0, 0.05) is 27.3 Å². The first kappa shape index (κ1) is 22.0. The molecule has 0 aromatic heterocycles. The molecular formula is C12H22Cl2NTi-. The molecule has 1 aliphatic carbocycles. The Morgan fingerprint density at radius 1 is 1.12 bits per heavy atom. The monoisotopic (exact) mass is 298 g/mol. The molecule has 0 heterocycles. The first-order valence-corrected chi connectivity index (χ1v) is 4.79. The summed E-state index contributed by atoms with van der Waals surface area (Å²) in [4.78, 5) is 0. The van der Waals surface area contributed by atoms with E-state index in [4.69, 9.17) is 5.73 Å². The number of halogens is 2. The van der Waals surface area contributed by atoms with Crippen LogP contribution in [0.25, 0.3) is 0 Å². The van der Waals surface area contributed by atoms with E-state index in [1.165, 1.54) is 16.7 Å². The van der Waals surface area contributed by atoms with E-state index in [0.29, 0.717) is 0 Å². The van der Waals surface area contributed by atoms with Gasteiger partial charge in [-0.15, -0.1) is 31.7 Å². The van der Waals surface area contributed by atoms with Crippen LogP contribution in [-0.4, -0.2) is 5.54 Å². The molecule has 94 valence electrons. The van der Waals surface area contributed by atoms with Crippen LogP contribution < -0.4 is 5.73 Å². The number of allylic oxidation sites excluding steroid dienone is 2. The number of rotatable bonds is 1. The Bertz CT molecular complexity index is 303. The number of hydrogen-bond donors (Lipinski definition) is 1. The van der Waals surface area contributed by atoms with E-state index in [-0.39, 0.29) is 57.5 Å². The first-order chi connectivity index (χ1) is 5.70. The summed E-state index contributed by atoms with van der Waals surface area (Å²) >= 11 is 0. The summed E-state index contributed by atoms with van der Waals surface area (Å²) < 4.78 is 0. The van der Waals surface area contributed by atoms with Gasteiger partial charge in [0.25, 0.3) is 0 Å². The van der Waals surface area contributed by atoms with Gasteiger partial charge in [0.2, 0.25) is 0 Å². The molecule has 0 spiro atoms. The molecule has 0 amide bonds. The Hall–Kier alpha value is 0.734. The third kappa shape index (κ3) is 3.37. The summed E-state index contributed by atoms with van der Waals surface area (Å²) in [7, 11) is 0. The van der Waals surface area contributed by atoms with Gasteiger partial charge < -0.3 is 5.73 Å². The molecule has 1 unspecified atom stereocenters. The van der Waals surface area contributed by atoms with Gasteiger partial charge >= 0.3 is 0 Å². The largest absolute Gasteiger partial charge is 0.326 e. The van der Waals surface area contributed by atoms with Crippen LogP contribution in [0.15, 0.2) is 16.7 Å². The van der Waals surface area contributed by atoms with E-state index in [1.807, 2.05) is 0 Å². The molecule has 1 atom stereocenters. The van der Waals surface area contributed by atoms with Gasteiger partial charge in [0.15, 0.2) is 0 Å². The average molecular weight is 299 g/mol. The Balaban J connectivity index is -0.000000563. The van der Waals surface area contributed by atoms with E-state index in [9.17, 15) is 0 Å². The molecular weight excluding hydrogens is 277 g/mol. The predicted octanol–water partition coefficient (Wildman–Crippen LogP) is 3.67. The van der Waals surface area contributed by atoms with Crippen molar-refractivity contribution in [3.63, 3.8) is 0 Å². The molecule has 0 aromatic carbocycles. The van der Waals surface area contributed by atoms with Crippen LogP contribution in [0.1, 0.15) is 41.5 Å². The van der Waals surface area contributed by atoms with Crippen molar-refractivity contribution in [1.82, 2.24) is 0 Å². The van der Waals surface area contributed by atoms with Gasteiger partial charge in [-0.05, 0) is 13.8 Å². The predicted molar refractivity (Wildman–Crippen MR) is 71.7 cm³/mol. The Morgan fingerprint density at radius 3 is 1.62 bits per heavy atom. The number of hydrogen-bond acceptors (Lipinski definition) is 1. The summed E-state index contributed by atoms with van der Waals surface area (Å²) in [5, 5.41) is 0. The first-order valence-electron chi connectivity index (χ1n) is 4.79. The zero-order valence-electron chi connectivity index (χ0n) is 10.9. The van der Waals surface area contributed by atoms with Gasteiger partial charge in [-0.25, -0.2) is 5.57 Å². The maximum Gasteiger partial charge on any atom is 0.00470 e. The minimum Gasteiger partial charge on any atom is -0.326 e. The molecule has 2 N–H and O–H groups in total. The van der Waals surface area contributed by atoms with Crippen molar-refractivity contribution in [3.8, 4) is 0 Å². The van der Waals surface area contributed by atoms with Crippen molar-refractivity contribution in [2.75, 3.05) is 0 Å². The van der Waals surface area contributed by atoms with E-state index in [1.54, 1.807) is 0 Å². The second-order valence-electron chi connectivity index (χ2n) is 4.85. The molecule has 1 nitrogen and oxygen atoms in total. The van der Waals surface area contributed by atoms with E-state index >= 15 is 0 Å². The molecule has 0 aromatic rings. The topological polar surface area (TPSA) is 26.0 Å². The molecule has 4 heteroatoms. The fraction of sp³-hybridized carbons (Fsp3) is 0.667. The number of nitrogens with two attached hydrogens (primary N) is 1. The van der Waals surface area contributed by atoms with Crippen LogP contribution in [0.5, 0.6) is 0 Å². The molecule has 0 aliphatic heterocycles. The van der Waals surface area contributed by atoms with Crippen molar-refractivity contribution < 1.29 is 21.7 Å². The van der Waals surface area contributed by atoms with Crippen LogP contribution in [0.3, 0.4) is 0 Å². The SMILES string of the molecule is CC1=[C-]C(C)(C(C)(C)N)C(C)=C1C.Cl.Cl.[Ti]. The fourth-order valence-corrected chi connectivity index (χ4v) is 1.86. The molecule has 0 fully saturated rings. The minimum absolute atomic E-state index is 0. The summed E-state index contributed by atoms with van der Waals surface area (Å²) in [6.07, 6.45) is 3.49. The second kappa shape index (κ2) is 6.61. The smallest absolute Gasteiger partial charge is 0.00470 e. The van der Waals surface area contributed by atoms with Gasteiger partial charge in [-0.2, -0.15) is 11.1 Å². The standard InChI is InChI=1S/C12H20N.2ClH.Ti/c1-8-7-12(6,11(4,5)13)10(3)9(8)2;;;/h13H2,1-6H3;2*1H;/q-1;;;. The quantitative estimate of drug-likeness (QED) is 0.580. The Labute approximate surface area is 127 Å². The van der Waals surface area contributed by atoms with Crippen LogP contribution >= 0.6 is 24.8 Å². The molecule has 1 aliphatic rings. The summed E-state index contributed by atoms with van der Waals surface area (Å²) in [5.74, 6) is 0. The maximum atomic E-state index is 6.18. The van der Waals surface area contributed by atoms with Crippen molar-refractivity contribution >= 4 is 24.8 Å². The van der Waals surface area contributed by atoms with Gasteiger partial charge in [-0.3, -0.25) is 6.08 Å². The summed E-state index contributed by atoms with van der Waals surface area (Å²) in [6.45, 7) is 12.7. The Morgan fingerprint density at radius 2 is 1.50 bits per heavy atom. The normalized spacial score (nSPS) is 24.1. The molecule has 0 radical (unpaired) electrons. The molecule has 16 heavy (non-hydrogen) atoms. The molecule has 0 saturated carbocycles. The van der Waals surface area contributed by atoms with Crippen molar-refractivity contribution in [1.29, 1.82) is 0 Å². The van der Waals surface area contributed by atoms with Crippen molar-refractivity contribution in [2.45, 2.75) is 47.1 Å². The maximum absolute atomic E-state index is 6.18. The van der Waals surface area contributed by atoms with E-state index < -0.39 is 0 Å². The third-order valence-electron chi connectivity index (χ3n) is 3.60. The second-order valence-corrected chi connectivity index (χ2v) is 4.85. The Kier molecular flexibility index (Phi) is 9.07. The van der Waals surface area contributed by atoms with E-state index in [0.717, 1.165) is 0 Å².